The van der Waals surface area contributed by atoms with Gasteiger partial charge in [0.15, 0.2) is 5.96 Å². The number of thiazole rings is 1. The Morgan fingerprint density at radius 3 is 2.52 bits per heavy atom. The van der Waals surface area contributed by atoms with Crippen molar-refractivity contribution in [1.82, 2.24) is 15.6 Å². The molecule has 1 heterocycles. The van der Waals surface area contributed by atoms with E-state index >= 15 is 0 Å². The Labute approximate surface area is 184 Å². The van der Waals surface area contributed by atoms with Crippen LogP contribution in [0.2, 0.25) is 0 Å². The van der Waals surface area contributed by atoms with Crippen molar-refractivity contribution in [3.05, 3.63) is 51.5 Å². The minimum atomic E-state index is 0. The number of aliphatic imine (C=N–C) groups is 1. The normalized spacial score (nSPS) is 12.4. The summed E-state index contributed by atoms with van der Waals surface area (Å²) < 4.78 is 5.89. The van der Waals surface area contributed by atoms with Crippen molar-refractivity contribution in [2.45, 2.75) is 39.7 Å². The minimum absolute atomic E-state index is 0. The largest absolute Gasteiger partial charge is 0.374 e. The van der Waals surface area contributed by atoms with Crippen molar-refractivity contribution in [1.29, 1.82) is 0 Å². The van der Waals surface area contributed by atoms with E-state index in [-0.39, 0.29) is 30.1 Å². The van der Waals surface area contributed by atoms with Crippen LogP contribution < -0.4 is 10.6 Å². The Kier molecular flexibility index (Phi) is 11.5. The molecule has 0 aliphatic carbocycles. The molecule has 0 saturated carbocycles. The molecule has 0 bridgehead atoms. The van der Waals surface area contributed by atoms with Crippen molar-refractivity contribution in [2.75, 3.05) is 26.7 Å². The molecule has 1 aromatic carbocycles. The molecule has 27 heavy (non-hydrogen) atoms. The second-order valence-electron chi connectivity index (χ2n) is 6.19. The van der Waals surface area contributed by atoms with E-state index < -0.39 is 0 Å². The van der Waals surface area contributed by atoms with Gasteiger partial charge < -0.3 is 15.4 Å². The maximum atomic E-state index is 5.89. The van der Waals surface area contributed by atoms with E-state index in [2.05, 4.69) is 53.5 Å². The fourth-order valence-electron chi connectivity index (χ4n) is 2.68. The number of halogens is 1. The van der Waals surface area contributed by atoms with Crippen LogP contribution in [0.1, 0.15) is 40.6 Å². The molecule has 0 aliphatic rings. The molecule has 1 aromatic heterocycles. The third kappa shape index (κ3) is 8.57. The standard InChI is InChI=1S/C20H30N4OS.HI/c1-15-19(26-17(3)24-15)11-13-23-20(21-4)22-12-8-14-25-16(2)18-9-6-5-7-10-18;/h5-7,9-10,16H,8,11-14H2,1-4H3,(H2,21,22,23);1H. The second-order valence-corrected chi connectivity index (χ2v) is 7.48. The highest BCUT2D eigenvalue weighted by Crippen LogP contribution is 2.17. The van der Waals surface area contributed by atoms with Crippen molar-refractivity contribution in [2.24, 2.45) is 4.99 Å². The number of hydrogen-bond acceptors (Lipinski definition) is 4. The Morgan fingerprint density at radius 1 is 1.19 bits per heavy atom. The van der Waals surface area contributed by atoms with Crippen molar-refractivity contribution >= 4 is 41.3 Å². The van der Waals surface area contributed by atoms with Gasteiger partial charge >= 0.3 is 0 Å². The van der Waals surface area contributed by atoms with Gasteiger partial charge in [0.1, 0.15) is 0 Å². The summed E-state index contributed by atoms with van der Waals surface area (Å²) in [5, 5.41) is 7.82. The first-order chi connectivity index (χ1) is 12.6. The van der Waals surface area contributed by atoms with Crippen LogP contribution in [-0.2, 0) is 11.2 Å². The van der Waals surface area contributed by atoms with E-state index in [1.807, 2.05) is 18.2 Å². The minimum Gasteiger partial charge on any atom is -0.374 e. The van der Waals surface area contributed by atoms with E-state index in [4.69, 9.17) is 4.74 Å². The summed E-state index contributed by atoms with van der Waals surface area (Å²) in [5.41, 5.74) is 2.36. The summed E-state index contributed by atoms with van der Waals surface area (Å²) in [6, 6.07) is 10.3. The highest BCUT2D eigenvalue weighted by Gasteiger charge is 2.06. The van der Waals surface area contributed by atoms with Gasteiger partial charge in [-0.15, -0.1) is 35.3 Å². The summed E-state index contributed by atoms with van der Waals surface area (Å²) in [6.07, 6.45) is 2.03. The Hall–Kier alpha value is -1.19. The van der Waals surface area contributed by atoms with Crippen LogP contribution in [0.15, 0.2) is 35.3 Å². The molecule has 5 nitrogen and oxygen atoms in total. The summed E-state index contributed by atoms with van der Waals surface area (Å²) in [7, 11) is 1.80. The highest BCUT2D eigenvalue weighted by molar-refractivity contribution is 14.0. The molecule has 0 fully saturated rings. The number of aromatic nitrogens is 1. The summed E-state index contributed by atoms with van der Waals surface area (Å²) in [6.45, 7) is 8.62. The van der Waals surface area contributed by atoms with Gasteiger partial charge in [0.05, 0.1) is 16.8 Å². The fourth-order valence-corrected chi connectivity index (χ4v) is 3.62. The maximum Gasteiger partial charge on any atom is 0.190 e. The average Bonchev–Trinajstić information content (AvgIpc) is 2.97. The number of aryl methyl sites for hydroxylation is 2. The van der Waals surface area contributed by atoms with E-state index in [1.54, 1.807) is 18.4 Å². The number of nitrogens with one attached hydrogen (secondary N) is 2. The van der Waals surface area contributed by atoms with Crippen molar-refractivity contribution < 1.29 is 4.74 Å². The van der Waals surface area contributed by atoms with Crippen LogP contribution in [0.3, 0.4) is 0 Å². The topological polar surface area (TPSA) is 58.5 Å². The molecule has 0 amide bonds. The number of guanidine groups is 1. The van der Waals surface area contributed by atoms with Crippen molar-refractivity contribution in [3.63, 3.8) is 0 Å². The van der Waals surface area contributed by atoms with E-state index in [0.29, 0.717) is 0 Å². The van der Waals surface area contributed by atoms with Gasteiger partial charge in [-0.25, -0.2) is 4.98 Å². The summed E-state index contributed by atoms with van der Waals surface area (Å²) in [5.74, 6) is 0.833. The predicted octanol–water partition coefficient (Wildman–Crippen LogP) is 4.25. The van der Waals surface area contributed by atoms with Crippen LogP contribution >= 0.6 is 35.3 Å². The lowest BCUT2D eigenvalue weighted by Gasteiger charge is -2.14. The molecule has 150 valence electrons. The van der Waals surface area contributed by atoms with Gasteiger partial charge in [-0.05, 0) is 32.8 Å². The number of benzene rings is 1. The van der Waals surface area contributed by atoms with Crippen LogP contribution in [0.4, 0.5) is 0 Å². The molecule has 2 N–H and O–H groups in total. The molecule has 0 spiro atoms. The van der Waals surface area contributed by atoms with Gasteiger partial charge in [0.25, 0.3) is 0 Å². The first-order valence-corrected chi connectivity index (χ1v) is 9.95. The molecule has 2 rings (SSSR count). The molecule has 0 saturated heterocycles. The van der Waals surface area contributed by atoms with Gasteiger partial charge in [-0.2, -0.15) is 0 Å². The zero-order valence-corrected chi connectivity index (χ0v) is 19.8. The molecule has 0 aliphatic heterocycles. The van der Waals surface area contributed by atoms with Crippen molar-refractivity contribution in [3.8, 4) is 0 Å². The Morgan fingerprint density at radius 2 is 1.89 bits per heavy atom. The smallest absolute Gasteiger partial charge is 0.190 e. The maximum absolute atomic E-state index is 5.89. The Bertz CT molecular complexity index is 691. The zero-order valence-electron chi connectivity index (χ0n) is 16.6. The molecular weight excluding hydrogens is 471 g/mol. The lowest BCUT2D eigenvalue weighted by atomic mass is 10.1. The molecule has 7 heteroatoms. The molecule has 2 aromatic rings. The summed E-state index contributed by atoms with van der Waals surface area (Å²) in [4.78, 5) is 10.1. The third-order valence-electron chi connectivity index (χ3n) is 4.12. The van der Waals surface area contributed by atoms with Crippen LogP contribution in [0.5, 0.6) is 0 Å². The lowest BCUT2D eigenvalue weighted by Crippen LogP contribution is -2.39. The number of nitrogens with zero attached hydrogens (tertiary/aromatic N) is 2. The lowest BCUT2D eigenvalue weighted by molar-refractivity contribution is 0.0646. The molecular formula is C20H31IN4OS. The molecule has 1 atom stereocenters. The predicted molar refractivity (Wildman–Crippen MR) is 125 cm³/mol. The van der Waals surface area contributed by atoms with Crippen LogP contribution in [0.25, 0.3) is 0 Å². The first-order valence-electron chi connectivity index (χ1n) is 9.14. The number of rotatable bonds is 9. The van der Waals surface area contributed by atoms with Gasteiger partial charge in [0, 0.05) is 38.0 Å². The van der Waals surface area contributed by atoms with E-state index in [0.717, 1.165) is 49.2 Å². The first kappa shape index (κ1) is 23.8. The zero-order chi connectivity index (χ0) is 18.8. The number of ether oxygens (including phenoxy) is 1. The Balaban J connectivity index is 0.00000364. The SMILES string of the molecule is CN=C(NCCCOC(C)c1ccccc1)NCCc1sc(C)nc1C.I. The van der Waals surface area contributed by atoms with E-state index in [1.165, 1.54) is 10.4 Å². The monoisotopic (exact) mass is 502 g/mol. The summed E-state index contributed by atoms with van der Waals surface area (Å²) >= 11 is 1.77. The van der Waals surface area contributed by atoms with Crippen LogP contribution in [-0.4, -0.2) is 37.7 Å². The number of hydrogen-bond donors (Lipinski definition) is 2. The van der Waals surface area contributed by atoms with Crippen LogP contribution in [0, 0.1) is 13.8 Å². The molecule has 0 radical (unpaired) electrons. The molecule has 1 unspecified atom stereocenters. The highest BCUT2D eigenvalue weighted by atomic mass is 127. The van der Waals surface area contributed by atoms with Gasteiger partial charge in [-0.1, -0.05) is 30.3 Å². The second kappa shape index (κ2) is 13.1. The van der Waals surface area contributed by atoms with Gasteiger partial charge in [0.2, 0.25) is 0 Å². The van der Waals surface area contributed by atoms with Gasteiger partial charge in [-0.3, -0.25) is 4.99 Å². The van der Waals surface area contributed by atoms with E-state index in [9.17, 15) is 0 Å². The third-order valence-corrected chi connectivity index (χ3v) is 5.25. The average molecular weight is 502 g/mol. The fraction of sp³-hybridized carbons (Fsp3) is 0.500. The quantitative estimate of drug-likeness (QED) is 0.233.